The van der Waals surface area contributed by atoms with E-state index in [2.05, 4.69) is 9.72 Å². The van der Waals surface area contributed by atoms with Gasteiger partial charge in [0.15, 0.2) is 0 Å². The van der Waals surface area contributed by atoms with Crippen LogP contribution in [0, 0.1) is 11.5 Å². The van der Waals surface area contributed by atoms with E-state index in [0.29, 0.717) is 0 Å². The average Bonchev–Trinajstić information content (AvgIpc) is 2.18. The third-order valence-electron chi connectivity index (χ3n) is 1.38. The lowest BCUT2D eigenvalue weighted by molar-refractivity contribution is 0.0682. The van der Waals surface area contributed by atoms with Gasteiger partial charge in [-0.05, 0) is 12.1 Å². The second-order valence-corrected chi connectivity index (χ2v) is 2.11. The molecule has 66 valence electrons. The number of carbonyl (C=O) groups excluding carboxylic acids is 1. The van der Waals surface area contributed by atoms with E-state index in [1.165, 1.54) is 24.6 Å². The Hall–Kier alpha value is -1.96. The van der Waals surface area contributed by atoms with Crippen LogP contribution in [0.1, 0.15) is 16.1 Å². The lowest BCUT2D eigenvalue weighted by Gasteiger charge is -1.99. The molecule has 0 spiro atoms. The molecular formula is C8H5FN2O2. The summed E-state index contributed by atoms with van der Waals surface area (Å²) in [5.41, 5.74) is -0.0469. The van der Waals surface area contributed by atoms with Crippen molar-refractivity contribution in [3.8, 4) is 6.26 Å². The van der Waals surface area contributed by atoms with Gasteiger partial charge >= 0.3 is 5.97 Å². The summed E-state index contributed by atoms with van der Waals surface area (Å²) < 4.78 is 16.3. The van der Waals surface area contributed by atoms with E-state index >= 15 is 0 Å². The van der Waals surface area contributed by atoms with Crippen LogP contribution >= 0.6 is 0 Å². The number of hydrogen-bond acceptors (Lipinski definition) is 4. The van der Waals surface area contributed by atoms with Crippen molar-refractivity contribution in [2.24, 2.45) is 0 Å². The van der Waals surface area contributed by atoms with Crippen molar-refractivity contribution in [1.82, 2.24) is 4.98 Å². The van der Waals surface area contributed by atoms with E-state index in [-0.39, 0.29) is 11.3 Å². The van der Waals surface area contributed by atoms with Crippen LogP contribution in [0.15, 0.2) is 18.3 Å². The van der Waals surface area contributed by atoms with Crippen LogP contribution in [0.4, 0.5) is 4.39 Å². The standard InChI is InChI=1S/C8H5FN2O2/c9-4-7-6(2-1-3-11-7)8(12)13-5-10/h1-3H,4H2. The molecule has 1 rings (SSSR count). The molecule has 0 atom stereocenters. The molecule has 0 aliphatic rings. The maximum atomic E-state index is 12.2. The van der Waals surface area contributed by atoms with Crippen LogP contribution in [-0.2, 0) is 11.4 Å². The molecule has 5 heteroatoms. The van der Waals surface area contributed by atoms with Crippen molar-refractivity contribution < 1.29 is 13.9 Å². The summed E-state index contributed by atoms with van der Waals surface area (Å²) in [7, 11) is 0. The first-order chi connectivity index (χ1) is 6.29. The fourth-order valence-corrected chi connectivity index (χ4v) is 0.827. The number of carbonyl (C=O) groups is 1. The number of nitrogens with zero attached hydrogens (tertiary/aromatic N) is 2. The van der Waals surface area contributed by atoms with E-state index in [4.69, 9.17) is 5.26 Å². The third-order valence-corrected chi connectivity index (χ3v) is 1.38. The van der Waals surface area contributed by atoms with Gasteiger partial charge in [0.1, 0.15) is 6.67 Å². The van der Waals surface area contributed by atoms with Crippen LogP contribution < -0.4 is 0 Å². The van der Waals surface area contributed by atoms with Crippen molar-refractivity contribution in [3.63, 3.8) is 0 Å². The molecule has 0 radical (unpaired) electrons. The SMILES string of the molecule is N#COC(=O)c1cccnc1CF. The van der Waals surface area contributed by atoms with Gasteiger partial charge in [0, 0.05) is 6.20 Å². The van der Waals surface area contributed by atoms with Crippen molar-refractivity contribution in [2.75, 3.05) is 0 Å². The molecule has 0 N–H and O–H groups in total. The van der Waals surface area contributed by atoms with E-state index in [1.807, 2.05) is 0 Å². The number of hydrogen-bond donors (Lipinski definition) is 0. The molecule has 0 aliphatic heterocycles. The Labute approximate surface area is 73.6 Å². The second kappa shape index (κ2) is 4.16. The summed E-state index contributed by atoms with van der Waals surface area (Å²) in [6, 6.07) is 2.81. The van der Waals surface area contributed by atoms with E-state index in [9.17, 15) is 9.18 Å². The van der Waals surface area contributed by atoms with Gasteiger partial charge in [-0.25, -0.2) is 9.18 Å². The Balaban J connectivity index is 3.00. The van der Waals surface area contributed by atoms with Gasteiger partial charge in [0.05, 0.1) is 11.3 Å². The van der Waals surface area contributed by atoms with Crippen LogP contribution in [0.25, 0.3) is 0 Å². The largest absolute Gasteiger partial charge is 0.355 e. The Morgan fingerprint density at radius 3 is 3.15 bits per heavy atom. The minimum atomic E-state index is -0.886. The molecule has 0 amide bonds. The van der Waals surface area contributed by atoms with Gasteiger partial charge in [-0.3, -0.25) is 4.98 Å². The van der Waals surface area contributed by atoms with E-state index in [0.717, 1.165) is 0 Å². The number of halogens is 1. The Morgan fingerprint density at radius 1 is 1.77 bits per heavy atom. The molecule has 0 saturated heterocycles. The maximum Gasteiger partial charge on any atom is 0.355 e. The third kappa shape index (κ3) is 1.99. The van der Waals surface area contributed by atoms with Gasteiger partial charge in [-0.2, -0.15) is 0 Å². The molecule has 13 heavy (non-hydrogen) atoms. The first kappa shape index (κ1) is 9.13. The average molecular weight is 180 g/mol. The summed E-state index contributed by atoms with van der Waals surface area (Å²) >= 11 is 0. The number of pyridine rings is 1. The fraction of sp³-hybridized carbons (Fsp3) is 0.125. The zero-order valence-electron chi connectivity index (χ0n) is 6.53. The van der Waals surface area contributed by atoms with Crippen molar-refractivity contribution in [1.29, 1.82) is 5.26 Å². The van der Waals surface area contributed by atoms with Crippen molar-refractivity contribution in [3.05, 3.63) is 29.6 Å². The lowest BCUT2D eigenvalue weighted by atomic mass is 10.2. The Kier molecular flexibility index (Phi) is 2.92. The summed E-state index contributed by atoms with van der Waals surface area (Å²) in [6.07, 6.45) is 2.58. The maximum absolute atomic E-state index is 12.2. The molecule has 1 aromatic heterocycles. The first-order valence-electron chi connectivity index (χ1n) is 3.39. The highest BCUT2D eigenvalue weighted by Gasteiger charge is 2.12. The zero-order valence-corrected chi connectivity index (χ0v) is 6.53. The number of esters is 1. The second-order valence-electron chi connectivity index (χ2n) is 2.11. The summed E-state index contributed by atoms with van der Waals surface area (Å²) in [5.74, 6) is -0.886. The monoisotopic (exact) mass is 180 g/mol. The minimum absolute atomic E-state index is 0.0217. The van der Waals surface area contributed by atoms with Gasteiger partial charge in [0.25, 0.3) is 6.26 Å². The summed E-state index contributed by atoms with van der Waals surface area (Å²) in [6.45, 7) is -0.864. The number of alkyl halides is 1. The van der Waals surface area contributed by atoms with E-state index in [1.54, 1.807) is 0 Å². The zero-order chi connectivity index (χ0) is 9.68. The van der Waals surface area contributed by atoms with Gasteiger partial charge < -0.3 is 4.74 Å². The number of ether oxygens (including phenoxy) is 1. The first-order valence-corrected chi connectivity index (χ1v) is 3.39. The van der Waals surface area contributed by atoms with Gasteiger partial charge in [0.2, 0.25) is 0 Å². The highest BCUT2D eigenvalue weighted by molar-refractivity contribution is 5.91. The quantitative estimate of drug-likeness (QED) is 0.506. The molecule has 0 aromatic carbocycles. The van der Waals surface area contributed by atoms with Crippen molar-refractivity contribution >= 4 is 5.97 Å². The highest BCUT2D eigenvalue weighted by Crippen LogP contribution is 2.07. The van der Waals surface area contributed by atoms with Crippen LogP contribution in [0.2, 0.25) is 0 Å². The minimum Gasteiger partial charge on any atom is -0.347 e. The lowest BCUT2D eigenvalue weighted by Crippen LogP contribution is -2.05. The molecule has 0 fully saturated rings. The molecule has 0 bridgehead atoms. The number of aromatic nitrogens is 1. The molecule has 0 saturated carbocycles. The normalized spacial score (nSPS) is 8.92. The topological polar surface area (TPSA) is 63.0 Å². The van der Waals surface area contributed by atoms with Crippen LogP contribution in [0.3, 0.4) is 0 Å². The predicted octanol–water partition coefficient (Wildman–Crippen LogP) is 1.19. The van der Waals surface area contributed by atoms with Crippen molar-refractivity contribution in [2.45, 2.75) is 6.67 Å². The van der Waals surface area contributed by atoms with Gasteiger partial charge in [-0.15, -0.1) is 5.26 Å². The molecule has 0 aliphatic carbocycles. The number of rotatable bonds is 2. The molecule has 1 heterocycles. The molecular weight excluding hydrogens is 175 g/mol. The van der Waals surface area contributed by atoms with Crippen LogP contribution in [-0.4, -0.2) is 11.0 Å². The summed E-state index contributed by atoms with van der Waals surface area (Å²) in [4.78, 5) is 14.6. The van der Waals surface area contributed by atoms with E-state index < -0.39 is 12.6 Å². The highest BCUT2D eigenvalue weighted by atomic mass is 19.1. The molecule has 1 aromatic rings. The molecule has 0 unspecified atom stereocenters. The Morgan fingerprint density at radius 2 is 2.54 bits per heavy atom. The summed E-state index contributed by atoms with van der Waals surface area (Å²) in [5, 5.41) is 8.05. The number of nitriles is 1. The Bertz CT molecular complexity index is 359. The smallest absolute Gasteiger partial charge is 0.347 e. The van der Waals surface area contributed by atoms with Gasteiger partial charge in [-0.1, -0.05) is 0 Å². The fourth-order valence-electron chi connectivity index (χ4n) is 0.827. The predicted molar refractivity (Wildman–Crippen MR) is 40.1 cm³/mol. The van der Waals surface area contributed by atoms with Crippen LogP contribution in [0.5, 0.6) is 0 Å². The molecule has 4 nitrogen and oxygen atoms in total.